The Morgan fingerprint density at radius 3 is 2.73 bits per heavy atom. The highest BCUT2D eigenvalue weighted by Gasteiger charge is 2.13. The summed E-state index contributed by atoms with van der Waals surface area (Å²) in [4.78, 5) is 16.7. The second-order valence-electron chi connectivity index (χ2n) is 5.19. The van der Waals surface area contributed by atoms with Crippen LogP contribution < -0.4 is 20.1 Å². The smallest absolute Gasteiger partial charge is 0.275 e. The Hall–Kier alpha value is -2.58. The maximum absolute atomic E-state index is 12.3. The van der Waals surface area contributed by atoms with E-state index in [1.54, 1.807) is 25.7 Å². The van der Waals surface area contributed by atoms with Gasteiger partial charge in [0.25, 0.3) is 5.91 Å². The molecule has 0 bridgehead atoms. The van der Waals surface area contributed by atoms with Crippen molar-refractivity contribution in [2.45, 2.75) is 0 Å². The van der Waals surface area contributed by atoms with Crippen molar-refractivity contribution in [2.75, 3.05) is 24.9 Å². The second-order valence-corrected chi connectivity index (χ2v) is 6.97. The molecule has 3 aromatic rings. The predicted molar refractivity (Wildman–Crippen MR) is 107 cm³/mol. The van der Waals surface area contributed by atoms with Crippen molar-refractivity contribution in [3.63, 3.8) is 0 Å². The number of carbonyl (C=O) groups excluding carboxylic acids is 1. The van der Waals surface area contributed by atoms with E-state index in [0.717, 1.165) is 10.2 Å². The summed E-state index contributed by atoms with van der Waals surface area (Å²) in [5, 5.41) is 8.27. The van der Waals surface area contributed by atoms with Crippen LogP contribution in [0.2, 0.25) is 0 Å². The highest BCUT2D eigenvalue weighted by molar-refractivity contribution is 9.10. The molecular formula is C18H16BrN3O3S. The lowest BCUT2D eigenvalue weighted by molar-refractivity contribution is 0.102. The highest BCUT2D eigenvalue weighted by atomic mass is 79.9. The summed E-state index contributed by atoms with van der Waals surface area (Å²) in [6, 6.07) is 12.8. The molecule has 1 aromatic heterocycles. The van der Waals surface area contributed by atoms with Crippen molar-refractivity contribution in [3.05, 3.63) is 58.0 Å². The maximum Gasteiger partial charge on any atom is 0.275 e. The Bertz CT molecular complexity index is 930. The Balaban J connectivity index is 1.72. The fourth-order valence-electron chi connectivity index (χ4n) is 2.21. The summed E-state index contributed by atoms with van der Waals surface area (Å²) in [5.74, 6) is 1.05. The Morgan fingerprint density at radius 1 is 1.15 bits per heavy atom. The zero-order chi connectivity index (χ0) is 18.5. The number of amides is 1. The number of hydrogen-bond donors (Lipinski definition) is 2. The van der Waals surface area contributed by atoms with E-state index in [1.165, 1.54) is 11.3 Å². The number of nitrogens with zero attached hydrogens (tertiary/aromatic N) is 1. The first kappa shape index (κ1) is 18.2. The average Bonchev–Trinajstić information content (AvgIpc) is 3.11. The van der Waals surface area contributed by atoms with E-state index in [1.807, 2.05) is 36.4 Å². The van der Waals surface area contributed by atoms with Gasteiger partial charge in [-0.15, -0.1) is 11.3 Å². The molecule has 2 N–H and O–H groups in total. The van der Waals surface area contributed by atoms with E-state index in [2.05, 4.69) is 31.5 Å². The third-order valence-electron chi connectivity index (χ3n) is 3.47. The Labute approximate surface area is 163 Å². The topological polar surface area (TPSA) is 72.5 Å². The monoisotopic (exact) mass is 433 g/mol. The SMILES string of the molecule is COc1ccc(Nc2nc(C(=O)Nc3cccc(Br)c3)cs2)c(OC)c1. The minimum absolute atomic E-state index is 0.269. The Kier molecular flexibility index (Phi) is 5.75. The van der Waals surface area contributed by atoms with Crippen LogP contribution in [0.5, 0.6) is 11.5 Å². The van der Waals surface area contributed by atoms with E-state index in [4.69, 9.17) is 9.47 Å². The number of ether oxygens (including phenoxy) is 2. The molecule has 0 aliphatic carbocycles. The minimum atomic E-state index is -0.269. The third kappa shape index (κ3) is 4.33. The molecule has 0 radical (unpaired) electrons. The fourth-order valence-corrected chi connectivity index (χ4v) is 3.32. The lowest BCUT2D eigenvalue weighted by atomic mass is 10.3. The summed E-state index contributed by atoms with van der Waals surface area (Å²) < 4.78 is 11.4. The van der Waals surface area contributed by atoms with Crippen molar-refractivity contribution in [1.29, 1.82) is 0 Å². The van der Waals surface area contributed by atoms with Crippen molar-refractivity contribution < 1.29 is 14.3 Å². The molecule has 26 heavy (non-hydrogen) atoms. The van der Waals surface area contributed by atoms with Gasteiger partial charge in [-0.05, 0) is 30.3 Å². The quantitative estimate of drug-likeness (QED) is 0.576. The van der Waals surface area contributed by atoms with E-state index >= 15 is 0 Å². The number of benzene rings is 2. The molecule has 6 nitrogen and oxygen atoms in total. The first-order chi connectivity index (χ1) is 12.6. The summed E-state index contributed by atoms with van der Waals surface area (Å²) in [6.07, 6.45) is 0. The van der Waals surface area contributed by atoms with Crippen LogP contribution in [0.15, 0.2) is 52.3 Å². The molecule has 0 atom stereocenters. The van der Waals surface area contributed by atoms with Crippen molar-refractivity contribution in [3.8, 4) is 11.5 Å². The lowest BCUT2D eigenvalue weighted by Gasteiger charge is -2.10. The summed E-state index contributed by atoms with van der Waals surface area (Å²) in [7, 11) is 3.18. The zero-order valence-corrected chi connectivity index (χ0v) is 16.5. The molecule has 3 rings (SSSR count). The van der Waals surface area contributed by atoms with E-state index in [-0.39, 0.29) is 5.91 Å². The van der Waals surface area contributed by atoms with Gasteiger partial charge in [0.15, 0.2) is 5.13 Å². The van der Waals surface area contributed by atoms with Gasteiger partial charge in [0.05, 0.1) is 19.9 Å². The van der Waals surface area contributed by atoms with Crippen LogP contribution >= 0.6 is 27.3 Å². The van der Waals surface area contributed by atoms with Gasteiger partial charge in [0, 0.05) is 21.6 Å². The average molecular weight is 434 g/mol. The lowest BCUT2D eigenvalue weighted by Crippen LogP contribution is -2.12. The van der Waals surface area contributed by atoms with Crippen molar-refractivity contribution in [2.24, 2.45) is 0 Å². The first-order valence-electron chi connectivity index (χ1n) is 7.60. The predicted octanol–water partition coefficient (Wildman–Crippen LogP) is 4.92. The third-order valence-corrected chi connectivity index (χ3v) is 4.72. The van der Waals surface area contributed by atoms with Gasteiger partial charge < -0.3 is 20.1 Å². The van der Waals surface area contributed by atoms with Crippen LogP contribution in [-0.2, 0) is 0 Å². The number of methoxy groups -OCH3 is 2. The largest absolute Gasteiger partial charge is 0.497 e. The van der Waals surface area contributed by atoms with Crippen molar-refractivity contribution >= 4 is 49.7 Å². The van der Waals surface area contributed by atoms with Gasteiger partial charge in [-0.2, -0.15) is 0 Å². The summed E-state index contributed by atoms with van der Waals surface area (Å²) in [5.41, 5.74) is 1.77. The number of aromatic nitrogens is 1. The molecule has 0 aliphatic heterocycles. The van der Waals surface area contributed by atoms with Gasteiger partial charge in [0.1, 0.15) is 17.2 Å². The van der Waals surface area contributed by atoms with E-state index in [9.17, 15) is 4.79 Å². The first-order valence-corrected chi connectivity index (χ1v) is 9.28. The number of halogens is 1. The van der Waals surface area contributed by atoms with Crippen LogP contribution in [0.3, 0.4) is 0 Å². The van der Waals surface area contributed by atoms with Crippen LogP contribution in [-0.4, -0.2) is 25.1 Å². The van der Waals surface area contributed by atoms with Gasteiger partial charge in [0.2, 0.25) is 0 Å². The number of anilines is 3. The van der Waals surface area contributed by atoms with Gasteiger partial charge in [-0.3, -0.25) is 4.79 Å². The van der Waals surface area contributed by atoms with Crippen LogP contribution in [0.1, 0.15) is 10.5 Å². The normalized spacial score (nSPS) is 10.3. The van der Waals surface area contributed by atoms with Gasteiger partial charge >= 0.3 is 0 Å². The number of rotatable bonds is 6. The zero-order valence-electron chi connectivity index (χ0n) is 14.1. The fraction of sp³-hybridized carbons (Fsp3) is 0.111. The summed E-state index contributed by atoms with van der Waals surface area (Å²) >= 11 is 4.71. The van der Waals surface area contributed by atoms with Crippen molar-refractivity contribution in [1.82, 2.24) is 4.98 Å². The van der Waals surface area contributed by atoms with Crippen LogP contribution in [0.25, 0.3) is 0 Å². The molecule has 0 unspecified atom stereocenters. The number of nitrogens with one attached hydrogen (secondary N) is 2. The van der Waals surface area contributed by atoms with Crippen LogP contribution in [0, 0.1) is 0 Å². The molecule has 0 aliphatic rings. The molecule has 8 heteroatoms. The van der Waals surface area contributed by atoms with Gasteiger partial charge in [-0.25, -0.2) is 4.98 Å². The maximum atomic E-state index is 12.3. The number of hydrogen-bond acceptors (Lipinski definition) is 6. The number of thiazole rings is 1. The van der Waals surface area contributed by atoms with Gasteiger partial charge in [-0.1, -0.05) is 22.0 Å². The van der Waals surface area contributed by atoms with E-state index < -0.39 is 0 Å². The molecule has 134 valence electrons. The molecule has 0 spiro atoms. The summed E-state index contributed by atoms with van der Waals surface area (Å²) in [6.45, 7) is 0. The Morgan fingerprint density at radius 2 is 2.00 bits per heavy atom. The number of carbonyl (C=O) groups is 1. The molecule has 1 heterocycles. The standard InChI is InChI=1S/C18H16BrN3O3S/c1-24-13-6-7-14(16(9-13)25-2)21-18-22-15(10-26-18)17(23)20-12-5-3-4-11(19)8-12/h3-10H,1-2H3,(H,20,23)(H,21,22). The minimum Gasteiger partial charge on any atom is -0.497 e. The molecule has 0 fully saturated rings. The molecule has 1 amide bonds. The van der Waals surface area contributed by atoms with E-state index in [0.29, 0.717) is 28.0 Å². The van der Waals surface area contributed by atoms with Crippen LogP contribution in [0.4, 0.5) is 16.5 Å². The molecular weight excluding hydrogens is 418 g/mol. The molecule has 0 saturated carbocycles. The molecule has 0 saturated heterocycles. The second kappa shape index (κ2) is 8.20. The highest BCUT2D eigenvalue weighted by Crippen LogP contribution is 2.32. The molecule has 2 aromatic carbocycles.